The first-order valence-corrected chi connectivity index (χ1v) is 14.0. The zero-order chi connectivity index (χ0) is 28.9. The van der Waals surface area contributed by atoms with Gasteiger partial charge < -0.3 is 29.5 Å². The van der Waals surface area contributed by atoms with Crippen LogP contribution in [0.3, 0.4) is 0 Å². The second kappa shape index (κ2) is 10.5. The third-order valence-corrected chi connectivity index (χ3v) is 7.88. The summed E-state index contributed by atoms with van der Waals surface area (Å²) in [6.45, 7) is 7.55. The molecule has 2 aromatic carbocycles. The van der Waals surface area contributed by atoms with Gasteiger partial charge in [-0.05, 0) is 56.1 Å². The molecule has 4 aromatic rings. The number of rotatable bonds is 8. The SMILES string of the molecule is C#Cc1c(F)ccc2cc(O)cc(Cn3cnc4c(OCC(C)(C)CN(C)C)nc(N5CC6CCC(C5)N6)nc43)c12. The molecule has 6 rings (SSSR count). The Balaban J connectivity index is 1.43. The Hall–Kier alpha value is -3.94. The predicted molar refractivity (Wildman–Crippen MR) is 158 cm³/mol. The van der Waals surface area contributed by atoms with Crippen molar-refractivity contribution in [2.75, 3.05) is 45.2 Å². The summed E-state index contributed by atoms with van der Waals surface area (Å²) in [5.41, 5.74) is 1.88. The quantitative estimate of drug-likeness (QED) is 0.317. The summed E-state index contributed by atoms with van der Waals surface area (Å²) in [7, 11) is 4.09. The van der Waals surface area contributed by atoms with Gasteiger partial charge in [0.05, 0.1) is 25.0 Å². The van der Waals surface area contributed by atoms with Crippen molar-refractivity contribution < 1.29 is 14.2 Å². The maximum atomic E-state index is 14.7. The van der Waals surface area contributed by atoms with Crippen molar-refractivity contribution in [3.63, 3.8) is 0 Å². The number of piperazine rings is 1. The Morgan fingerprint density at radius 1 is 1.20 bits per heavy atom. The van der Waals surface area contributed by atoms with Gasteiger partial charge in [-0.15, -0.1) is 6.42 Å². The lowest BCUT2D eigenvalue weighted by Gasteiger charge is -2.33. The zero-order valence-electron chi connectivity index (χ0n) is 24.0. The Morgan fingerprint density at radius 2 is 1.95 bits per heavy atom. The van der Waals surface area contributed by atoms with Crippen LogP contribution in [-0.4, -0.2) is 81.9 Å². The first-order chi connectivity index (χ1) is 19.6. The van der Waals surface area contributed by atoms with Gasteiger partial charge in [0.2, 0.25) is 11.8 Å². The fourth-order valence-electron chi connectivity index (χ4n) is 6.35. The summed E-state index contributed by atoms with van der Waals surface area (Å²) >= 11 is 0. The minimum absolute atomic E-state index is 0.0743. The van der Waals surface area contributed by atoms with E-state index in [0.717, 1.165) is 32.5 Å². The Morgan fingerprint density at radius 3 is 2.66 bits per heavy atom. The fourth-order valence-corrected chi connectivity index (χ4v) is 6.35. The minimum Gasteiger partial charge on any atom is -0.508 e. The van der Waals surface area contributed by atoms with E-state index >= 15 is 0 Å². The van der Waals surface area contributed by atoms with Gasteiger partial charge in [0, 0.05) is 42.5 Å². The number of aromatic hydroxyl groups is 1. The predicted octanol–water partition coefficient (Wildman–Crippen LogP) is 3.76. The number of halogens is 1. The van der Waals surface area contributed by atoms with E-state index in [1.165, 1.54) is 6.07 Å². The molecule has 2 N–H and O–H groups in total. The molecule has 41 heavy (non-hydrogen) atoms. The van der Waals surface area contributed by atoms with Crippen molar-refractivity contribution in [1.29, 1.82) is 0 Å². The number of nitrogens with zero attached hydrogens (tertiary/aromatic N) is 6. The molecule has 0 spiro atoms. The molecule has 0 amide bonds. The number of aromatic nitrogens is 4. The molecule has 2 bridgehead atoms. The van der Waals surface area contributed by atoms with Gasteiger partial charge in [-0.25, -0.2) is 9.37 Å². The monoisotopic (exact) mass is 557 g/mol. The molecular formula is C31H36FN7O2. The molecule has 2 unspecified atom stereocenters. The van der Waals surface area contributed by atoms with Gasteiger partial charge in [-0.2, -0.15) is 9.97 Å². The second-order valence-electron chi connectivity index (χ2n) is 12.4. The number of fused-ring (bicyclic) bond motifs is 4. The van der Waals surface area contributed by atoms with E-state index in [9.17, 15) is 9.50 Å². The van der Waals surface area contributed by atoms with Gasteiger partial charge in [-0.1, -0.05) is 25.8 Å². The van der Waals surface area contributed by atoms with E-state index in [4.69, 9.17) is 21.1 Å². The van der Waals surface area contributed by atoms with Crippen LogP contribution in [0.25, 0.3) is 21.9 Å². The first-order valence-electron chi connectivity index (χ1n) is 14.0. The smallest absolute Gasteiger partial charge is 0.247 e. The molecule has 2 aliphatic heterocycles. The van der Waals surface area contributed by atoms with Crippen molar-refractivity contribution in [3.8, 4) is 24.0 Å². The van der Waals surface area contributed by atoms with Crippen LogP contribution in [0.5, 0.6) is 11.6 Å². The average Bonchev–Trinajstić information content (AvgIpc) is 3.48. The van der Waals surface area contributed by atoms with Crippen LogP contribution in [0.2, 0.25) is 0 Å². The lowest BCUT2D eigenvalue weighted by atomic mass is 9.94. The van der Waals surface area contributed by atoms with Gasteiger partial charge in [-0.3, -0.25) is 0 Å². The van der Waals surface area contributed by atoms with Crippen molar-refractivity contribution in [3.05, 3.63) is 47.5 Å². The van der Waals surface area contributed by atoms with E-state index in [1.807, 2.05) is 18.7 Å². The van der Waals surface area contributed by atoms with Crippen LogP contribution in [0.4, 0.5) is 10.3 Å². The van der Waals surface area contributed by atoms with Gasteiger partial charge in [0.15, 0.2) is 11.2 Å². The number of nitrogens with one attached hydrogen (secondary N) is 1. The number of anilines is 1. The lowest BCUT2D eigenvalue weighted by Crippen LogP contribution is -2.51. The Labute approximate surface area is 239 Å². The Kier molecular flexibility index (Phi) is 6.96. The summed E-state index contributed by atoms with van der Waals surface area (Å²) in [6.07, 6.45) is 9.68. The number of hydrogen-bond acceptors (Lipinski definition) is 8. The molecule has 2 saturated heterocycles. The molecule has 2 aromatic heterocycles. The van der Waals surface area contributed by atoms with E-state index in [0.29, 0.717) is 58.0 Å². The molecule has 2 atom stereocenters. The summed E-state index contributed by atoms with van der Waals surface area (Å²) in [6, 6.07) is 6.99. The molecular weight excluding hydrogens is 521 g/mol. The normalized spacial score (nSPS) is 18.9. The zero-order valence-corrected chi connectivity index (χ0v) is 24.0. The largest absolute Gasteiger partial charge is 0.508 e. The highest BCUT2D eigenvalue weighted by Gasteiger charge is 2.34. The van der Waals surface area contributed by atoms with Crippen molar-refractivity contribution in [2.45, 2.75) is 45.3 Å². The molecule has 0 radical (unpaired) electrons. The van der Waals surface area contributed by atoms with Crippen LogP contribution in [0, 0.1) is 23.6 Å². The lowest BCUT2D eigenvalue weighted by molar-refractivity contribution is 0.138. The molecule has 0 aliphatic carbocycles. The molecule has 10 heteroatoms. The maximum Gasteiger partial charge on any atom is 0.247 e. The standard InChI is InChI=1S/C31H36FN7O2/c1-6-24-25(32)10-7-19-11-23(40)12-20(26(19)24)13-39-18-33-27-28(39)35-30(38-14-21-8-9-22(15-38)34-21)36-29(27)41-17-31(2,3)16-37(4)5/h1,7,10-12,18,21-22,34,40H,8-9,13-17H2,2-5H3. The number of terminal acetylenes is 1. The van der Waals surface area contributed by atoms with Crippen LogP contribution < -0.4 is 15.0 Å². The number of hydrogen-bond donors (Lipinski definition) is 2. The van der Waals surface area contributed by atoms with E-state index in [2.05, 4.69) is 39.9 Å². The van der Waals surface area contributed by atoms with Gasteiger partial charge in [0.25, 0.3) is 0 Å². The van der Waals surface area contributed by atoms with Crippen LogP contribution >= 0.6 is 0 Å². The highest BCUT2D eigenvalue weighted by Crippen LogP contribution is 2.33. The molecule has 2 fully saturated rings. The molecule has 214 valence electrons. The first kappa shape index (κ1) is 27.2. The molecule has 2 aliphatic rings. The maximum absolute atomic E-state index is 14.7. The van der Waals surface area contributed by atoms with Gasteiger partial charge >= 0.3 is 0 Å². The number of imidazole rings is 1. The fraction of sp³-hybridized carbons (Fsp3) is 0.452. The highest BCUT2D eigenvalue weighted by atomic mass is 19.1. The number of ether oxygens (including phenoxy) is 1. The molecule has 9 nitrogen and oxygen atoms in total. The summed E-state index contributed by atoms with van der Waals surface area (Å²) < 4.78 is 23.0. The van der Waals surface area contributed by atoms with E-state index < -0.39 is 5.82 Å². The van der Waals surface area contributed by atoms with Gasteiger partial charge in [0.1, 0.15) is 11.6 Å². The summed E-state index contributed by atoms with van der Waals surface area (Å²) in [5, 5.41) is 15.4. The van der Waals surface area contributed by atoms with Crippen LogP contribution in [0.1, 0.15) is 37.8 Å². The molecule has 4 heterocycles. The second-order valence-corrected chi connectivity index (χ2v) is 12.4. The van der Waals surface area contributed by atoms with Crippen molar-refractivity contribution >= 4 is 27.9 Å². The van der Waals surface area contributed by atoms with Crippen LogP contribution in [0.15, 0.2) is 30.6 Å². The van der Waals surface area contributed by atoms with E-state index in [1.54, 1.807) is 24.5 Å². The van der Waals surface area contributed by atoms with Crippen molar-refractivity contribution in [2.24, 2.45) is 5.41 Å². The highest BCUT2D eigenvalue weighted by molar-refractivity contribution is 5.92. The average molecular weight is 558 g/mol. The number of phenols is 1. The third kappa shape index (κ3) is 5.39. The van der Waals surface area contributed by atoms with Crippen molar-refractivity contribution in [1.82, 2.24) is 29.7 Å². The third-order valence-electron chi connectivity index (χ3n) is 7.88. The van der Waals surface area contributed by atoms with E-state index in [-0.39, 0.29) is 23.3 Å². The van der Waals surface area contributed by atoms with Crippen LogP contribution in [-0.2, 0) is 6.54 Å². The summed E-state index contributed by atoms with van der Waals surface area (Å²) in [5.74, 6) is 3.14. The minimum atomic E-state index is -0.476. The number of benzene rings is 2. The Bertz CT molecular complexity index is 1650. The topological polar surface area (TPSA) is 91.6 Å². The summed E-state index contributed by atoms with van der Waals surface area (Å²) in [4.78, 5) is 18.9. The number of phenolic OH excluding ortho intramolecular Hbond substituents is 1. The molecule has 0 saturated carbocycles.